The van der Waals surface area contributed by atoms with Gasteiger partial charge in [0.05, 0.1) is 6.67 Å². The standard InChI is InChI=1S/C12H15F2I/c13-7-3-1-2-4-10-5-6-11(9-15)12(14)8-10/h5-6,8H,1-4,7,9H2. The lowest BCUT2D eigenvalue weighted by Crippen LogP contribution is -1.91. The van der Waals surface area contributed by atoms with Crippen LogP contribution in [0.4, 0.5) is 8.78 Å². The molecule has 0 saturated carbocycles. The summed E-state index contributed by atoms with van der Waals surface area (Å²) in [4.78, 5) is 0. The second-order valence-corrected chi connectivity index (χ2v) is 4.32. The topological polar surface area (TPSA) is 0 Å². The molecule has 0 saturated heterocycles. The van der Waals surface area contributed by atoms with Crippen LogP contribution >= 0.6 is 22.6 Å². The molecular weight excluding hydrogens is 309 g/mol. The average molecular weight is 324 g/mol. The lowest BCUT2D eigenvalue weighted by atomic mass is 10.1. The predicted molar refractivity (Wildman–Crippen MR) is 67.7 cm³/mol. The van der Waals surface area contributed by atoms with Gasteiger partial charge in [-0.2, -0.15) is 0 Å². The van der Waals surface area contributed by atoms with E-state index in [0.717, 1.165) is 30.4 Å². The van der Waals surface area contributed by atoms with Crippen LogP contribution in [-0.2, 0) is 10.8 Å². The minimum atomic E-state index is -0.248. The summed E-state index contributed by atoms with van der Waals surface area (Å²) < 4.78 is 25.9. The number of alkyl halides is 2. The molecule has 84 valence electrons. The number of hydrogen-bond acceptors (Lipinski definition) is 0. The van der Waals surface area contributed by atoms with Gasteiger partial charge in [0.15, 0.2) is 0 Å². The van der Waals surface area contributed by atoms with Gasteiger partial charge in [-0.25, -0.2) is 4.39 Å². The van der Waals surface area contributed by atoms with E-state index in [1.54, 1.807) is 6.07 Å². The van der Waals surface area contributed by atoms with Crippen LogP contribution in [0.1, 0.15) is 30.4 Å². The summed E-state index contributed by atoms with van der Waals surface area (Å²) in [5.74, 6) is -0.118. The van der Waals surface area contributed by atoms with Crippen molar-refractivity contribution >= 4 is 22.6 Å². The normalized spacial score (nSPS) is 10.6. The van der Waals surface area contributed by atoms with Crippen molar-refractivity contribution in [1.29, 1.82) is 0 Å². The summed E-state index contributed by atoms with van der Waals surface area (Å²) in [6.07, 6.45) is 3.28. The molecule has 3 heteroatoms. The minimum absolute atomic E-state index is 0.118. The van der Waals surface area contributed by atoms with Crippen molar-refractivity contribution in [1.82, 2.24) is 0 Å². The number of benzene rings is 1. The first kappa shape index (κ1) is 12.9. The quantitative estimate of drug-likeness (QED) is 0.412. The van der Waals surface area contributed by atoms with E-state index in [1.165, 1.54) is 0 Å². The SMILES string of the molecule is FCCCCCc1ccc(CI)c(F)c1. The molecule has 0 atom stereocenters. The maximum Gasteiger partial charge on any atom is 0.127 e. The fourth-order valence-corrected chi connectivity index (χ4v) is 2.07. The van der Waals surface area contributed by atoms with Crippen LogP contribution in [0.3, 0.4) is 0 Å². The van der Waals surface area contributed by atoms with Gasteiger partial charge >= 0.3 is 0 Å². The van der Waals surface area contributed by atoms with Crippen molar-refractivity contribution in [3.8, 4) is 0 Å². The Labute approximate surface area is 103 Å². The maximum atomic E-state index is 13.4. The van der Waals surface area contributed by atoms with E-state index in [-0.39, 0.29) is 12.5 Å². The highest BCUT2D eigenvalue weighted by Crippen LogP contribution is 2.15. The van der Waals surface area contributed by atoms with E-state index in [9.17, 15) is 8.78 Å². The predicted octanol–water partition coefficient (Wildman–Crippen LogP) is 4.44. The van der Waals surface area contributed by atoms with E-state index in [0.29, 0.717) is 10.8 Å². The van der Waals surface area contributed by atoms with Crippen molar-refractivity contribution in [2.24, 2.45) is 0 Å². The number of aryl methyl sites for hydroxylation is 1. The van der Waals surface area contributed by atoms with Gasteiger partial charge in [-0.05, 0) is 36.5 Å². The Morgan fingerprint density at radius 1 is 1.13 bits per heavy atom. The van der Waals surface area contributed by atoms with Gasteiger partial charge in [-0.15, -0.1) is 0 Å². The van der Waals surface area contributed by atoms with Crippen molar-refractivity contribution in [2.75, 3.05) is 6.67 Å². The van der Waals surface area contributed by atoms with Gasteiger partial charge in [-0.1, -0.05) is 41.1 Å². The summed E-state index contributed by atoms with van der Waals surface area (Å²) in [6, 6.07) is 5.40. The van der Waals surface area contributed by atoms with Gasteiger partial charge in [0.1, 0.15) is 5.82 Å². The Balaban J connectivity index is 2.45. The Bertz CT molecular complexity index is 300. The molecule has 1 aromatic carbocycles. The maximum absolute atomic E-state index is 13.4. The van der Waals surface area contributed by atoms with Gasteiger partial charge < -0.3 is 0 Å². The second kappa shape index (κ2) is 7.14. The van der Waals surface area contributed by atoms with Crippen LogP contribution in [0.15, 0.2) is 18.2 Å². The van der Waals surface area contributed by atoms with E-state index in [1.807, 2.05) is 12.1 Å². The van der Waals surface area contributed by atoms with Crippen LogP contribution in [0.25, 0.3) is 0 Å². The van der Waals surface area contributed by atoms with Crippen LogP contribution < -0.4 is 0 Å². The molecule has 0 nitrogen and oxygen atoms in total. The third-order valence-corrected chi connectivity index (χ3v) is 3.18. The summed E-state index contributed by atoms with van der Waals surface area (Å²) in [6.45, 7) is -0.248. The highest BCUT2D eigenvalue weighted by atomic mass is 127. The lowest BCUT2D eigenvalue weighted by Gasteiger charge is -2.03. The first-order valence-electron chi connectivity index (χ1n) is 5.17. The zero-order valence-corrected chi connectivity index (χ0v) is 10.8. The van der Waals surface area contributed by atoms with Crippen LogP contribution in [-0.4, -0.2) is 6.67 Å². The van der Waals surface area contributed by atoms with E-state index >= 15 is 0 Å². The van der Waals surface area contributed by atoms with E-state index < -0.39 is 0 Å². The number of halogens is 3. The molecule has 0 heterocycles. The minimum Gasteiger partial charge on any atom is -0.251 e. The van der Waals surface area contributed by atoms with Gasteiger partial charge in [-0.3, -0.25) is 4.39 Å². The molecule has 0 unspecified atom stereocenters. The monoisotopic (exact) mass is 324 g/mol. The molecule has 0 aromatic heterocycles. The summed E-state index contributed by atoms with van der Waals surface area (Å²) in [7, 11) is 0. The first-order chi connectivity index (χ1) is 7.27. The number of unbranched alkanes of at least 4 members (excludes halogenated alkanes) is 2. The Kier molecular flexibility index (Phi) is 6.13. The van der Waals surface area contributed by atoms with Gasteiger partial charge in [0.2, 0.25) is 0 Å². The third-order valence-electron chi connectivity index (χ3n) is 2.36. The zero-order chi connectivity index (χ0) is 11.1. The Morgan fingerprint density at radius 3 is 2.53 bits per heavy atom. The van der Waals surface area contributed by atoms with Gasteiger partial charge in [0, 0.05) is 4.43 Å². The lowest BCUT2D eigenvalue weighted by molar-refractivity contribution is 0.456. The highest BCUT2D eigenvalue weighted by molar-refractivity contribution is 14.1. The molecule has 0 aliphatic carbocycles. The molecule has 15 heavy (non-hydrogen) atoms. The first-order valence-corrected chi connectivity index (χ1v) is 6.69. The summed E-state index contributed by atoms with van der Waals surface area (Å²) >= 11 is 2.15. The molecule has 0 radical (unpaired) electrons. The molecule has 0 spiro atoms. The largest absolute Gasteiger partial charge is 0.251 e. The smallest absolute Gasteiger partial charge is 0.127 e. The van der Waals surface area contributed by atoms with Crippen molar-refractivity contribution in [2.45, 2.75) is 30.1 Å². The molecular formula is C12H15F2I. The molecule has 0 aliphatic rings. The molecule has 0 aliphatic heterocycles. The van der Waals surface area contributed by atoms with Crippen molar-refractivity contribution in [3.63, 3.8) is 0 Å². The molecule has 0 N–H and O–H groups in total. The highest BCUT2D eigenvalue weighted by Gasteiger charge is 2.01. The second-order valence-electron chi connectivity index (χ2n) is 3.56. The Morgan fingerprint density at radius 2 is 1.93 bits per heavy atom. The van der Waals surface area contributed by atoms with Crippen molar-refractivity contribution < 1.29 is 8.78 Å². The van der Waals surface area contributed by atoms with Crippen LogP contribution in [0, 0.1) is 5.82 Å². The van der Waals surface area contributed by atoms with Crippen molar-refractivity contribution in [3.05, 3.63) is 35.1 Å². The van der Waals surface area contributed by atoms with E-state index in [4.69, 9.17) is 0 Å². The molecule has 0 amide bonds. The third kappa shape index (κ3) is 4.45. The van der Waals surface area contributed by atoms with E-state index in [2.05, 4.69) is 22.6 Å². The molecule has 1 aromatic rings. The molecule has 0 fully saturated rings. The fraction of sp³-hybridized carbons (Fsp3) is 0.500. The summed E-state index contributed by atoms with van der Waals surface area (Å²) in [5.41, 5.74) is 1.77. The van der Waals surface area contributed by atoms with Crippen LogP contribution in [0.5, 0.6) is 0 Å². The zero-order valence-electron chi connectivity index (χ0n) is 8.61. The number of hydrogen-bond donors (Lipinski definition) is 0. The van der Waals surface area contributed by atoms with Gasteiger partial charge in [0.25, 0.3) is 0 Å². The molecule has 1 rings (SSSR count). The fourth-order valence-electron chi connectivity index (χ4n) is 1.46. The summed E-state index contributed by atoms with van der Waals surface area (Å²) in [5, 5.41) is 0. The average Bonchev–Trinajstić information content (AvgIpc) is 2.25. The Hall–Kier alpha value is -0.190. The van der Waals surface area contributed by atoms with Crippen LogP contribution in [0.2, 0.25) is 0 Å². The number of rotatable bonds is 6. The molecule has 0 bridgehead atoms.